The number of nitrogens with zero attached hydrogens (tertiary/aromatic N) is 2. The fourth-order valence-electron chi connectivity index (χ4n) is 2.09. The summed E-state index contributed by atoms with van der Waals surface area (Å²) in [6.07, 6.45) is 2.12. The van der Waals surface area contributed by atoms with E-state index in [-0.39, 0.29) is 5.91 Å². The number of halogens is 1. The fourth-order valence-corrected chi connectivity index (χ4v) is 2.32. The highest BCUT2D eigenvalue weighted by molar-refractivity contribution is 6.30. The molecular formula is C17H21ClN4O. The van der Waals surface area contributed by atoms with E-state index in [2.05, 4.69) is 27.5 Å². The molecule has 0 aliphatic rings. The second kappa shape index (κ2) is 7.92. The SMILES string of the molecule is CCCCNc1nc(C)cc(C(=O)Nc2ccc(Cl)cc2C)n1. The van der Waals surface area contributed by atoms with E-state index in [0.717, 1.165) is 36.3 Å². The summed E-state index contributed by atoms with van der Waals surface area (Å²) in [5.74, 6) is 0.218. The second-order valence-corrected chi connectivity index (χ2v) is 5.85. The molecule has 1 amide bonds. The first-order chi connectivity index (χ1) is 11.0. The monoisotopic (exact) mass is 332 g/mol. The third-order valence-electron chi connectivity index (χ3n) is 3.34. The molecule has 0 aliphatic carbocycles. The van der Waals surface area contributed by atoms with Crippen molar-refractivity contribution in [3.05, 3.63) is 46.2 Å². The van der Waals surface area contributed by atoms with Crippen LogP contribution in [0.5, 0.6) is 0 Å². The van der Waals surface area contributed by atoms with Gasteiger partial charge in [-0.05, 0) is 50.1 Å². The average molecular weight is 333 g/mol. The summed E-state index contributed by atoms with van der Waals surface area (Å²) in [7, 11) is 0. The smallest absolute Gasteiger partial charge is 0.274 e. The minimum atomic E-state index is -0.264. The van der Waals surface area contributed by atoms with Crippen molar-refractivity contribution in [1.29, 1.82) is 0 Å². The van der Waals surface area contributed by atoms with Gasteiger partial charge in [0.2, 0.25) is 5.95 Å². The zero-order valence-electron chi connectivity index (χ0n) is 13.6. The van der Waals surface area contributed by atoms with Gasteiger partial charge in [-0.25, -0.2) is 9.97 Å². The summed E-state index contributed by atoms with van der Waals surface area (Å²) < 4.78 is 0. The minimum Gasteiger partial charge on any atom is -0.354 e. The Morgan fingerprint density at radius 2 is 2.00 bits per heavy atom. The second-order valence-electron chi connectivity index (χ2n) is 5.41. The van der Waals surface area contributed by atoms with Gasteiger partial charge in [-0.1, -0.05) is 24.9 Å². The molecule has 1 heterocycles. The largest absolute Gasteiger partial charge is 0.354 e. The molecule has 0 aliphatic heterocycles. The van der Waals surface area contributed by atoms with E-state index in [0.29, 0.717) is 16.7 Å². The molecule has 0 saturated carbocycles. The summed E-state index contributed by atoms with van der Waals surface area (Å²) in [6.45, 7) is 6.64. The zero-order chi connectivity index (χ0) is 16.8. The van der Waals surface area contributed by atoms with E-state index in [1.54, 1.807) is 24.3 Å². The van der Waals surface area contributed by atoms with E-state index < -0.39 is 0 Å². The van der Waals surface area contributed by atoms with Gasteiger partial charge in [-0.3, -0.25) is 4.79 Å². The molecule has 0 fully saturated rings. The molecule has 0 radical (unpaired) electrons. The van der Waals surface area contributed by atoms with E-state index >= 15 is 0 Å². The maximum Gasteiger partial charge on any atom is 0.274 e. The Labute approximate surface area is 141 Å². The topological polar surface area (TPSA) is 66.9 Å². The molecule has 0 unspecified atom stereocenters. The molecule has 2 N–H and O–H groups in total. The number of benzene rings is 1. The van der Waals surface area contributed by atoms with Crippen LogP contribution in [0.4, 0.5) is 11.6 Å². The standard InChI is InChI=1S/C17H21ClN4O/c1-4-5-8-19-17-20-12(3)10-15(22-17)16(23)21-14-7-6-13(18)9-11(14)2/h6-7,9-10H,4-5,8H2,1-3H3,(H,21,23)(H,19,20,22). The van der Waals surface area contributed by atoms with Crippen LogP contribution in [-0.4, -0.2) is 22.4 Å². The van der Waals surface area contributed by atoms with Crippen molar-refractivity contribution < 1.29 is 4.79 Å². The van der Waals surface area contributed by atoms with Gasteiger partial charge in [0.15, 0.2) is 0 Å². The van der Waals surface area contributed by atoms with Crippen molar-refractivity contribution in [3.63, 3.8) is 0 Å². The molecule has 2 aromatic rings. The van der Waals surface area contributed by atoms with Crippen molar-refractivity contribution in [2.75, 3.05) is 17.2 Å². The third kappa shape index (κ3) is 4.93. The number of anilines is 2. The lowest BCUT2D eigenvalue weighted by molar-refractivity contribution is 0.102. The lowest BCUT2D eigenvalue weighted by Gasteiger charge is -2.10. The lowest BCUT2D eigenvalue weighted by Crippen LogP contribution is -2.17. The quantitative estimate of drug-likeness (QED) is 0.777. The highest BCUT2D eigenvalue weighted by Crippen LogP contribution is 2.20. The maximum atomic E-state index is 12.4. The Bertz CT molecular complexity index is 703. The molecule has 0 saturated heterocycles. The van der Waals surface area contributed by atoms with Crippen LogP contribution >= 0.6 is 11.6 Å². The summed E-state index contributed by atoms with van der Waals surface area (Å²) in [6, 6.07) is 7.00. The maximum absolute atomic E-state index is 12.4. The van der Waals surface area contributed by atoms with Gasteiger partial charge < -0.3 is 10.6 Å². The van der Waals surface area contributed by atoms with Crippen molar-refractivity contribution in [2.45, 2.75) is 33.6 Å². The van der Waals surface area contributed by atoms with E-state index in [1.165, 1.54) is 0 Å². The predicted octanol–water partition coefficient (Wildman–Crippen LogP) is 4.21. The van der Waals surface area contributed by atoms with E-state index in [9.17, 15) is 4.79 Å². The van der Waals surface area contributed by atoms with Gasteiger partial charge in [0.05, 0.1) is 0 Å². The Hall–Kier alpha value is -2.14. The van der Waals surface area contributed by atoms with Crippen LogP contribution in [-0.2, 0) is 0 Å². The molecule has 0 bridgehead atoms. The van der Waals surface area contributed by atoms with Crippen LogP contribution in [0.1, 0.15) is 41.5 Å². The van der Waals surface area contributed by atoms with Crippen LogP contribution < -0.4 is 10.6 Å². The number of carbonyl (C=O) groups is 1. The number of hydrogen-bond donors (Lipinski definition) is 2. The number of hydrogen-bond acceptors (Lipinski definition) is 4. The molecular weight excluding hydrogens is 312 g/mol. The summed E-state index contributed by atoms with van der Waals surface area (Å²) in [5.41, 5.74) is 2.71. The first kappa shape index (κ1) is 17.2. The van der Waals surface area contributed by atoms with E-state index in [1.807, 2.05) is 13.8 Å². The number of unbranched alkanes of at least 4 members (excludes halogenated alkanes) is 1. The van der Waals surface area contributed by atoms with Crippen molar-refractivity contribution in [1.82, 2.24) is 9.97 Å². The first-order valence-corrected chi connectivity index (χ1v) is 8.04. The molecule has 122 valence electrons. The number of rotatable bonds is 6. The number of aromatic nitrogens is 2. The Kier molecular flexibility index (Phi) is 5.93. The average Bonchev–Trinajstić information content (AvgIpc) is 2.50. The third-order valence-corrected chi connectivity index (χ3v) is 3.57. The molecule has 6 heteroatoms. The van der Waals surface area contributed by atoms with Crippen LogP contribution in [0.2, 0.25) is 5.02 Å². The van der Waals surface area contributed by atoms with Crippen molar-refractivity contribution >= 4 is 29.1 Å². The number of aryl methyl sites for hydroxylation is 2. The van der Waals surface area contributed by atoms with Gasteiger partial charge in [0.25, 0.3) is 5.91 Å². The lowest BCUT2D eigenvalue weighted by atomic mass is 10.2. The molecule has 23 heavy (non-hydrogen) atoms. The minimum absolute atomic E-state index is 0.264. The van der Waals surface area contributed by atoms with Crippen molar-refractivity contribution in [3.8, 4) is 0 Å². The molecule has 5 nitrogen and oxygen atoms in total. The highest BCUT2D eigenvalue weighted by atomic mass is 35.5. The highest BCUT2D eigenvalue weighted by Gasteiger charge is 2.12. The molecule has 1 aromatic heterocycles. The first-order valence-electron chi connectivity index (χ1n) is 7.66. The van der Waals surface area contributed by atoms with Gasteiger partial charge in [-0.2, -0.15) is 0 Å². The van der Waals surface area contributed by atoms with Crippen LogP contribution in [0, 0.1) is 13.8 Å². The van der Waals surface area contributed by atoms with Gasteiger partial charge in [0.1, 0.15) is 5.69 Å². The molecule has 0 spiro atoms. The molecule has 1 aromatic carbocycles. The van der Waals surface area contributed by atoms with E-state index in [4.69, 9.17) is 11.6 Å². The summed E-state index contributed by atoms with van der Waals surface area (Å²) >= 11 is 5.93. The van der Waals surface area contributed by atoms with Crippen LogP contribution in [0.3, 0.4) is 0 Å². The van der Waals surface area contributed by atoms with Crippen LogP contribution in [0.25, 0.3) is 0 Å². The predicted molar refractivity (Wildman–Crippen MR) is 94.3 cm³/mol. The van der Waals surface area contributed by atoms with Gasteiger partial charge >= 0.3 is 0 Å². The molecule has 0 atom stereocenters. The number of nitrogens with one attached hydrogen (secondary N) is 2. The number of carbonyl (C=O) groups excluding carboxylic acids is 1. The summed E-state index contributed by atoms with van der Waals surface area (Å²) in [4.78, 5) is 21.0. The van der Waals surface area contributed by atoms with Crippen LogP contribution in [0.15, 0.2) is 24.3 Å². The van der Waals surface area contributed by atoms with Gasteiger partial charge in [-0.15, -0.1) is 0 Å². The Morgan fingerprint density at radius 3 is 2.70 bits per heavy atom. The number of amides is 1. The molecule has 2 rings (SSSR count). The van der Waals surface area contributed by atoms with Crippen molar-refractivity contribution in [2.24, 2.45) is 0 Å². The Morgan fingerprint density at radius 1 is 1.22 bits per heavy atom. The summed E-state index contributed by atoms with van der Waals surface area (Å²) in [5, 5.41) is 6.64. The zero-order valence-corrected chi connectivity index (χ0v) is 14.4. The Balaban J connectivity index is 2.15. The normalized spacial score (nSPS) is 10.4. The van der Waals surface area contributed by atoms with Gasteiger partial charge in [0, 0.05) is 22.9 Å². The fraction of sp³-hybridized carbons (Fsp3) is 0.353.